The van der Waals surface area contributed by atoms with Gasteiger partial charge in [0.05, 0.1) is 0 Å². The molecule has 0 fully saturated rings. The first-order chi connectivity index (χ1) is 5.37. The largest absolute Gasteiger partial charge is 0.384 e. The summed E-state index contributed by atoms with van der Waals surface area (Å²) in [5.74, 6) is -3.13. The van der Waals surface area contributed by atoms with E-state index in [1.807, 2.05) is 0 Å². The zero-order valence-corrected chi connectivity index (χ0v) is 7.77. The minimum atomic E-state index is -3.13. The van der Waals surface area contributed by atoms with Gasteiger partial charge in [0.2, 0.25) is 0 Å². The van der Waals surface area contributed by atoms with Crippen molar-refractivity contribution < 1.29 is 13.9 Å². The Bertz CT molecular complexity index is 162. The van der Waals surface area contributed by atoms with Crippen LogP contribution in [0.1, 0.15) is 33.6 Å². The lowest BCUT2D eigenvalue weighted by atomic mass is 9.94. The SMILES string of the molecule is CC/C=C\C(F)(F)C(C)(O)CC. The summed E-state index contributed by atoms with van der Waals surface area (Å²) in [7, 11) is 0. The predicted molar refractivity (Wildman–Crippen MR) is 45.3 cm³/mol. The Morgan fingerprint density at radius 1 is 1.33 bits per heavy atom. The molecule has 1 unspecified atom stereocenters. The van der Waals surface area contributed by atoms with Gasteiger partial charge < -0.3 is 5.11 Å². The summed E-state index contributed by atoms with van der Waals surface area (Å²) in [6, 6.07) is 0. The molecule has 0 rings (SSSR count). The predicted octanol–water partition coefficient (Wildman–Crippen LogP) is 2.75. The minimum Gasteiger partial charge on any atom is -0.384 e. The van der Waals surface area contributed by atoms with Gasteiger partial charge in [-0.25, -0.2) is 0 Å². The molecule has 1 N–H and O–H groups in total. The Hall–Kier alpha value is -0.440. The van der Waals surface area contributed by atoms with Crippen molar-refractivity contribution in [2.45, 2.75) is 45.1 Å². The maximum absolute atomic E-state index is 13.1. The van der Waals surface area contributed by atoms with Crippen LogP contribution < -0.4 is 0 Å². The number of hydrogen-bond acceptors (Lipinski definition) is 1. The molecule has 0 aliphatic rings. The van der Waals surface area contributed by atoms with Gasteiger partial charge >= 0.3 is 0 Å². The molecule has 0 amide bonds. The lowest BCUT2D eigenvalue weighted by Gasteiger charge is -2.29. The summed E-state index contributed by atoms with van der Waals surface area (Å²) in [5.41, 5.74) is -1.93. The van der Waals surface area contributed by atoms with E-state index in [1.165, 1.54) is 13.0 Å². The zero-order chi connectivity index (χ0) is 9.83. The summed E-state index contributed by atoms with van der Waals surface area (Å²) in [6.45, 7) is 4.45. The van der Waals surface area contributed by atoms with Gasteiger partial charge in [-0.3, -0.25) is 0 Å². The van der Waals surface area contributed by atoms with Crippen LogP contribution >= 0.6 is 0 Å². The van der Waals surface area contributed by atoms with Gasteiger partial charge in [-0.05, 0) is 25.8 Å². The molecule has 0 aliphatic heterocycles. The van der Waals surface area contributed by atoms with Crippen molar-refractivity contribution in [1.29, 1.82) is 0 Å². The average Bonchev–Trinajstić information content (AvgIpc) is 2.00. The Labute approximate surface area is 72.1 Å². The molecule has 0 spiro atoms. The maximum atomic E-state index is 13.1. The molecule has 0 aromatic carbocycles. The molecule has 1 atom stereocenters. The van der Waals surface area contributed by atoms with Crippen molar-refractivity contribution in [2.75, 3.05) is 0 Å². The Morgan fingerprint density at radius 2 is 1.83 bits per heavy atom. The van der Waals surface area contributed by atoms with E-state index in [0.29, 0.717) is 6.42 Å². The van der Waals surface area contributed by atoms with Gasteiger partial charge in [-0.2, -0.15) is 8.78 Å². The lowest BCUT2D eigenvalue weighted by Crippen LogP contribution is -2.43. The average molecular weight is 178 g/mol. The molecule has 0 aromatic rings. The molecule has 72 valence electrons. The van der Waals surface area contributed by atoms with Crippen LogP contribution in [0.4, 0.5) is 8.78 Å². The molecule has 0 aliphatic carbocycles. The molecule has 0 radical (unpaired) electrons. The number of hydrogen-bond donors (Lipinski definition) is 1. The zero-order valence-electron chi connectivity index (χ0n) is 7.77. The summed E-state index contributed by atoms with van der Waals surface area (Å²) in [6.07, 6.45) is 2.73. The van der Waals surface area contributed by atoms with E-state index < -0.39 is 11.5 Å². The van der Waals surface area contributed by atoms with Crippen molar-refractivity contribution in [3.8, 4) is 0 Å². The Morgan fingerprint density at radius 3 is 2.17 bits per heavy atom. The third-order valence-corrected chi connectivity index (χ3v) is 1.97. The summed E-state index contributed by atoms with van der Waals surface area (Å²) in [4.78, 5) is 0. The Balaban J connectivity index is 4.48. The molecule has 0 saturated carbocycles. The molecule has 0 aromatic heterocycles. The van der Waals surface area contributed by atoms with E-state index in [4.69, 9.17) is 0 Å². The second-order valence-electron chi connectivity index (χ2n) is 3.06. The van der Waals surface area contributed by atoms with Crippen LogP contribution in [-0.2, 0) is 0 Å². The number of rotatable bonds is 4. The third kappa shape index (κ3) is 2.55. The van der Waals surface area contributed by atoms with Crippen LogP contribution in [0.3, 0.4) is 0 Å². The second-order valence-corrected chi connectivity index (χ2v) is 3.06. The quantitative estimate of drug-likeness (QED) is 0.656. The maximum Gasteiger partial charge on any atom is 0.294 e. The molecule has 0 saturated heterocycles. The molecule has 1 nitrogen and oxygen atoms in total. The molecule has 0 bridgehead atoms. The summed E-state index contributed by atoms with van der Waals surface area (Å²) in [5, 5.41) is 9.28. The van der Waals surface area contributed by atoms with Gasteiger partial charge in [-0.1, -0.05) is 19.9 Å². The fraction of sp³-hybridized carbons (Fsp3) is 0.778. The van der Waals surface area contributed by atoms with Crippen LogP contribution in [0, 0.1) is 0 Å². The molecular weight excluding hydrogens is 162 g/mol. The number of alkyl halides is 2. The van der Waals surface area contributed by atoms with Crippen LogP contribution in [0.5, 0.6) is 0 Å². The van der Waals surface area contributed by atoms with E-state index in [0.717, 1.165) is 13.0 Å². The van der Waals surface area contributed by atoms with E-state index in [2.05, 4.69) is 0 Å². The smallest absolute Gasteiger partial charge is 0.294 e. The highest BCUT2D eigenvalue weighted by atomic mass is 19.3. The van der Waals surface area contributed by atoms with Crippen molar-refractivity contribution in [3.05, 3.63) is 12.2 Å². The Kier molecular flexibility index (Phi) is 3.84. The van der Waals surface area contributed by atoms with Crippen molar-refractivity contribution in [2.24, 2.45) is 0 Å². The molecule has 12 heavy (non-hydrogen) atoms. The van der Waals surface area contributed by atoms with E-state index in [-0.39, 0.29) is 6.42 Å². The second kappa shape index (κ2) is 3.99. The number of allylic oxidation sites excluding steroid dienone is 1. The summed E-state index contributed by atoms with van der Waals surface area (Å²) >= 11 is 0. The topological polar surface area (TPSA) is 20.2 Å². The van der Waals surface area contributed by atoms with E-state index >= 15 is 0 Å². The van der Waals surface area contributed by atoms with Gasteiger partial charge in [0.15, 0.2) is 0 Å². The van der Waals surface area contributed by atoms with Gasteiger partial charge in [-0.15, -0.1) is 0 Å². The van der Waals surface area contributed by atoms with Crippen LogP contribution in [0.15, 0.2) is 12.2 Å². The van der Waals surface area contributed by atoms with Gasteiger partial charge in [0, 0.05) is 0 Å². The van der Waals surface area contributed by atoms with E-state index in [1.54, 1.807) is 6.92 Å². The van der Waals surface area contributed by atoms with Crippen LogP contribution in [-0.4, -0.2) is 16.6 Å². The van der Waals surface area contributed by atoms with Crippen molar-refractivity contribution in [1.82, 2.24) is 0 Å². The van der Waals surface area contributed by atoms with Crippen molar-refractivity contribution in [3.63, 3.8) is 0 Å². The first kappa shape index (κ1) is 11.6. The van der Waals surface area contributed by atoms with Crippen molar-refractivity contribution >= 4 is 0 Å². The van der Waals surface area contributed by atoms with Gasteiger partial charge in [0.25, 0.3) is 5.92 Å². The molecule has 0 heterocycles. The fourth-order valence-corrected chi connectivity index (χ4v) is 0.681. The van der Waals surface area contributed by atoms with E-state index in [9.17, 15) is 13.9 Å². The molecule has 3 heteroatoms. The number of aliphatic hydroxyl groups is 1. The first-order valence-corrected chi connectivity index (χ1v) is 4.15. The van der Waals surface area contributed by atoms with Crippen LogP contribution in [0.2, 0.25) is 0 Å². The standard InChI is InChI=1S/C9H16F2O/c1-4-6-7-9(10,11)8(3,12)5-2/h6-7,12H,4-5H2,1-3H3/b7-6-. The highest BCUT2D eigenvalue weighted by Gasteiger charge is 2.44. The number of halogens is 2. The minimum absolute atomic E-state index is 0.0358. The lowest BCUT2D eigenvalue weighted by molar-refractivity contribution is -0.140. The fourth-order valence-electron chi connectivity index (χ4n) is 0.681. The van der Waals surface area contributed by atoms with Gasteiger partial charge in [0.1, 0.15) is 5.60 Å². The highest BCUT2D eigenvalue weighted by molar-refractivity contribution is 5.04. The molecular formula is C9H16F2O. The summed E-state index contributed by atoms with van der Waals surface area (Å²) < 4.78 is 26.1. The highest BCUT2D eigenvalue weighted by Crippen LogP contribution is 2.32. The van der Waals surface area contributed by atoms with Crippen LogP contribution in [0.25, 0.3) is 0 Å². The third-order valence-electron chi connectivity index (χ3n) is 1.97. The first-order valence-electron chi connectivity index (χ1n) is 4.15. The normalized spacial score (nSPS) is 18.2. The monoisotopic (exact) mass is 178 g/mol.